The summed E-state index contributed by atoms with van der Waals surface area (Å²) in [6, 6.07) is 61.7. The van der Waals surface area contributed by atoms with Gasteiger partial charge in [-0.3, -0.25) is 0 Å². The third-order valence-corrected chi connectivity index (χ3v) is 16.5. The van der Waals surface area contributed by atoms with Gasteiger partial charge < -0.3 is 18.1 Å². The topological polar surface area (TPSA) is 46.2 Å². The predicted molar refractivity (Wildman–Crippen MR) is 275 cm³/mol. The average Bonchev–Trinajstić information content (AvgIpc) is 3.33. The standard InChI is InChI=1S/C42H28.C12H28O5P2S2/c1-5-17-29(18-6-1)37-33-25-13-14-26-34(33)39(31-21-9-3-10-22-31)42-40(32-23-11-4-12-24-32)36-28-16-15-27-35(36)38(41(37)42)30-19-7-2-8-20-30;1-5-9-13-18(20,14-10-6-2)17-19(21,15-11-7-3)16-12-8-4/h1-28H;5-12H2,1-4H3. The summed E-state index contributed by atoms with van der Waals surface area (Å²) in [5, 5.41) is 7.65. The highest BCUT2D eigenvalue weighted by Crippen LogP contribution is 2.66. The van der Waals surface area contributed by atoms with Crippen LogP contribution in [-0.4, -0.2) is 26.4 Å². The number of hydrogen-bond donors (Lipinski definition) is 0. The molecule has 0 aliphatic heterocycles. The Labute approximate surface area is 383 Å². The Morgan fingerprint density at radius 3 is 0.730 bits per heavy atom. The summed E-state index contributed by atoms with van der Waals surface area (Å²) in [6.45, 7) is 4.02. The first-order chi connectivity index (χ1) is 30.8. The van der Waals surface area contributed by atoms with Crippen molar-refractivity contribution in [2.24, 2.45) is 0 Å². The number of fused-ring (bicyclic) bond motifs is 3. The Morgan fingerprint density at radius 2 is 0.524 bits per heavy atom. The highest BCUT2D eigenvalue weighted by molar-refractivity contribution is 8.14. The highest BCUT2D eigenvalue weighted by atomic mass is 32.5. The van der Waals surface area contributed by atoms with Gasteiger partial charge in [0.05, 0.1) is 26.4 Å². The van der Waals surface area contributed by atoms with Crippen LogP contribution in [0.3, 0.4) is 0 Å². The molecule has 8 aromatic carbocycles. The van der Waals surface area contributed by atoms with E-state index < -0.39 is 13.4 Å². The maximum absolute atomic E-state index is 5.80. The Morgan fingerprint density at radius 1 is 0.317 bits per heavy atom. The minimum absolute atomic E-state index is 0.470. The van der Waals surface area contributed by atoms with E-state index in [1.54, 1.807) is 0 Å². The molecule has 8 rings (SSSR count). The van der Waals surface area contributed by atoms with E-state index in [0.29, 0.717) is 26.4 Å². The molecular weight excluding hydrogens is 855 g/mol. The molecule has 0 saturated carbocycles. The second-order valence-electron chi connectivity index (χ2n) is 15.1. The Kier molecular flexibility index (Phi) is 16.7. The van der Waals surface area contributed by atoms with Crippen LogP contribution in [0, 0.1) is 0 Å². The van der Waals surface area contributed by atoms with Crippen LogP contribution < -0.4 is 0 Å². The Balaban J connectivity index is 0.000000242. The third kappa shape index (κ3) is 11.0. The molecule has 0 unspecified atom stereocenters. The van der Waals surface area contributed by atoms with E-state index in [0.717, 1.165) is 25.7 Å². The van der Waals surface area contributed by atoms with Crippen LogP contribution in [-0.2, 0) is 46.0 Å². The first-order valence-electron chi connectivity index (χ1n) is 22.0. The van der Waals surface area contributed by atoms with Gasteiger partial charge in [0, 0.05) is 0 Å². The third-order valence-electron chi connectivity index (χ3n) is 10.4. The molecule has 0 aliphatic rings. The summed E-state index contributed by atoms with van der Waals surface area (Å²) in [5.41, 5.74) is 10.0. The van der Waals surface area contributed by atoms with Crippen LogP contribution in [0.25, 0.3) is 76.8 Å². The van der Waals surface area contributed by atoms with E-state index in [-0.39, 0.29) is 0 Å². The van der Waals surface area contributed by atoms with Crippen molar-refractivity contribution in [3.05, 3.63) is 170 Å². The van der Waals surface area contributed by atoms with Gasteiger partial charge in [-0.05, 0) is 126 Å². The zero-order valence-electron chi connectivity index (χ0n) is 36.6. The lowest BCUT2D eigenvalue weighted by Gasteiger charge is -2.28. The van der Waals surface area contributed by atoms with Gasteiger partial charge in [-0.1, -0.05) is 198 Å². The summed E-state index contributed by atoms with van der Waals surface area (Å²) in [7, 11) is 0. The minimum Gasteiger partial charge on any atom is -0.308 e. The lowest BCUT2D eigenvalue weighted by atomic mass is 9.77. The Bertz CT molecular complexity index is 2450. The van der Waals surface area contributed by atoms with Crippen LogP contribution in [0.1, 0.15) is 53.4 Å². The van der Waals surface area contributed by atoms with Crippen molar-refractivity contribution in [3.8, 4) is 44.5 Å². The van der Waals surface area contributed by atoms with E-state index >= 15 is 0 Å². The molecule has 0 N–H and O–H groups in total. The summed E-state index contributed by atoms with van der Waals surface area (Å²) in [4.78, 5) is 0. The fraction of sp³-hybridized carbons (Fsp3) is 0.222. The molecule has 0 saturated heterocycles. The maximum Gasteiger partial charge on any atom is 0.334 e. The molecule has 63 heavy (non-hydrogen) atoms. The monoisotopic (exact) mass is 910 g/mol. The minimum atomic E-state index is -2.93. The molecular formula is C54H56O5P2S2. The molecule has 8 aromatic rings. The number of hydrogen-bond acceptors (Lipinski definition) is 7. The van der Waals surface area contributed by atoms with E-state index in [1.165, 1.54) is 76.8 Å². The number of rotatable bonds is 18. The summed E-state index contributed by atoms with van der Waals surface area (Å²) < 4.78 is 28.3. The van der Waals surface area contributed by atoms with Crippen molar-refractivity contribution < 1.29 is 22.4 Å². The molecule has 324 valence electrons. The summed E-state index contributed by atoms with van der Waals surface area (Å²) >= 11 is 10.9. The van der Waals surface area contributed by atoms with E-state index in [4.69, 9.17) is 46.0 Å². The van der Waals surface area contributed by atoms with E-state index in [1.807, 2.05) is 27.7 Å². The molecule has 0 aromatic heterocycles. The molecule has 5 nitrogen and oxygen atoms in total. The molecule has 0 heterocycles. The summed E-state index contributed by atoms with van der Waals surface area (Å²) in [5.74, 6) is 0. The van der Waals surface area contributed by atoms with Gasteiger partial charge in [-0.2, -0.15) is 0 Å². The van der Waals surface area contributed by atoms with Crippen molar-refractivity contribution in [1.29, 1.82) is 0 Å². The van der Waals surface area contributed by atoms with Gasteiger partial charge in [-0.25, -0.2) is 4.31 Å². The first kappa shape index (κ1) is 46.6. The zero-order chi connectivity index (χ0) is 44.1. The molecule has 0 fully saturated rings. The molecule has 9 heteroatoms. The van der Waals surface area contributed by atoms with Gasteiger partial charge in [0.2, 0.25) is 0 Å². The van der Waals surface area contributed by atoms with E-state index in [2.05, 4.69) is 170 Å². The quantitative estimate of drug-likeness (QED) is 0.0628. The van der Waals surface area contributed by atoms with Gasteiger partial charge in [-0.15, -0.1) is 0 Å². The van der Waals surface area contributed by atoms with Crippen LogP contribution in [0.15, 0.2) is 170 Å². The highest BCUT2D eigenvalue weighted by Gasteiger charge is 2.33. The molecule has 0 amide bonds. The second kappa shape index (κ2) is 22.5. The van der Waals surface area contributed by atoms with Crippen molar-refractivity contribution in [2.45, 2.75) is 53.4 Å². The van der Waals surface area contributed by atoms with Crippen LogP contribution in [0.4, 0.5) is 0 Å². The summed E-state index contributed by atoms with van der Waals surface area (Å²) in [6.07, 6.45) is 3.30. The van der Waals surface area contributed by atoms with Gasteiger partial charge in [0.1, 0.15) is 0 Å². The molecule has 0 atom stereocenters. The van der Waals surface area contributed by atoms with E-state index in [9.17, 15) is 0 Å². The Hall–Kier alpha value is -4.36. The van der Waals surface area contributed by atoms with Crippen LogP contribution in [0.5, 0.6) is 0 Å². The molecule has 0 bridgehead atoms. The van der Waals surface area contributed by atoms with Gasteiger partial charge >= 0.3 is 13.4 Å². The maximum atomic E-state index is 5.80. The molecule has 0 radical (unpaired) electrons. The number of benzene rings is 8. The smallest absolute Gasteiger partial charge is 0.308 e. The average molecular weight is 911 g/mol. The van der Waals surface area contributed by atoms with Crippen molar-refractivity contribution >= 4 is 69.4 Å². The largest absolute Gasteiger partial charge is 0.334 e. The van der Waals surface area contributed by atoms with Crippen molar-refractivity contribution in [3.63, 3.8) is 0 Å². The van der Waals surface area contributed by atoms with Gasteiger partial charge in [0.15, 0.2) is 0 Å². The van der Waals surface area contributed by atoms with Crippen molar-refractivity contribution in [1.82, 2.24) is 0 Å². The lowest BCUT2D eigenvalue weighted by molar-refractivity contribution is 0.162. The zero-order valence-corrected chi connectivity index (χ0v) is 40.0. The van der Waals surface area contributed by atoms with Crippen LogP contribution >= 0.6 is 13.4 Å². The fourth-order valence-corrected chi connectivity index (χ4v) is 14.2. The van der Waals surface area contributed by atoms with Gasteiger partial charge in [0.25, 0.3) is 0 Å². The normalized spacial score (nSPS) is 11.8. The SMILES string of the molecule is CCCOP(=S)(OCCC)OP(=S)(OCCC)OCCC.c1ccc(-c2c3ccccc3c(-c3ccccc3)c3c(-c4ccccc4)c4ccccc4c(-c4ccccc4)c23)cc1. The second-order valence-corrected chi connectivity index (χ2v) is 21.3. The van der Waals surface area contributed by atoms with Crippen LogP contribution in [0.2, 0.25) is 0 Å². The predicted octanol–water partition coefficient (Wildman–Crippen LogP) is 17.0. The molecule has 0 aliphatic carbocycles. The lowest BCUT2D eigenvalue weighted by Crippen LogP contribution is -2.05. The molecule has 0 spiro atoms. The van der Waals surface area contributed by atoms with Crippen molar-refractivity contribution in [2.75, 3.05) is 26.4 Å². The fourth-order valence-electron chi connectivity index (χ4n) is 7.85. The first-order valence-corrected chi connectivity index (χ1v) is 27.1.